The number of hydrogen-bond donors (Lipinski definition) is 2. The second kappa shape index (κ2) is 5.01. The van der Waals surface area contributed by atoms with E-state index in [2.05, 4.69) is 4.72 Å². The number of hydrogen-bond acceptors (Lipinski definition) is 4. The Kier molecular flexibility index (Phi) is 3.54. The number of benzene rings is 1. The molecule has 1 heterocycles. The molecule has 0 spiro atoms. The van der Waals surface area contributed by atoms with E-state index in [4.69, 9.17) is 9.52 Å². The fraction of sp³-hybridized carbons (Fsp3) is 0.154. The van der Waals surface area contributed by atoms with Crippen LogP contribution in [0.5, 0.6) is 0 Å². The summed E-state index contributed by atoms with van der Waals surface area (Å²) < 4.78 is 31.3. The van der Waals surface area contributed by atoms with Crippen molar-refractivity contribution in [2.24, 2.45) is 0 Å². The first-order valence-corrected chi connectivity index (χ1v) is 7.21. The van der Waals surface area contributed by atoms with Gasteiger partial charge in [-0.05, 0) is 37.6 Å². The Morgan fingerprint density at radius 1 is 1.20 bits per heavy atom. The molecule has 0 aliphatic heterocycles. The largest absolute Gasteiger partial charge is 0.475 e. The van der Waals surface area contributed by atoms with Crippen LogP contribution in [0.15, 0.2) is 39.8 Å². The van der Waals surface area contributed by atoms with Crippen molar-refractivity contribution in [1.82, 2.24) is 0 Å². The van der Waals surface area contributed by atoms with Crippen LogP contribution in [0.1, 0.15) is 21.7 Å². The van der Waals surface area contributed by atoms with Crippen LogP contribution < -0.4 is 4.72 Å². The fourth-order valence-electron chi connectivity index (χ4n) is 1.70. The lowest BCUT2D eigenvalue weighted by Gasteiger charge is -2.09. The zero-order valence-electron chi connectivity index (χ0n) is 10.9. The van der Waals surface area contributed by atoms with Gasteiger partial charge >= 0.3 is 5.97 Å². The maximum absolute atomic E-state index is 12.1. The summed E-state index contributed by atoms with van der Waals surface area (Å²) in [6, 6.07) is 7.45. The molecule has 6 nitrogen and oxygen atoms in total. The standard InChI is InChI=1S/C13H13NO5S/c1-8-3-4-10(9(2)7-8)14-20(17,18)12-6-5-11(19-12)13(15)16/h3-7,14H,1-2H3,(H,15,16). The number of aromatic carboxylic acids is 1. The quantitative estimate of drug-likeness (QED) is 0.902. The molecular formula is C13H13NO5S. The van der Waals surface area contributed by atoms with Crippen LogP contribution in [0.25, 0.3) is 0 Å². The van der Waals surface area contributed by atoms with Gasteiger partial charge in [0.15, 0.2) is 0 Å². The monoisotopic (exact) mass is 295 g/mol. The summed E-state index contributed by atoms with van der Waals surface area (Å²) in [4.78, 5) is 10.7. The maximum Gasteiger partial charge on any atom is 0.371 e. The number of carbonyl (C=O) groups is 1. The molecule has 0 fully saturated rings. The highest BCUT2D eigenvalue weighted by Crippen LogP contribution is 2.22. The molecule has 2 rings (SSSR count). The maximum atomic E-state index is 12.1. The van der Waals surface area contributed by atoms with E-state index >= 15 is 0 Å². The van der Waals surface area contributed by atoms with E-state index in [0.29, 0.717) is 5.69 Å². The lowest BCUT2D eigenvalue weighted by molar-refractivity contribution is 0.0656. The van der Waals surface area contributed by atoms with Crippen molar-refractivity contribution in [2.45, 2.75) is 18.9 Å². The molecular weight excluding hydrogens is 282 g/mol. The van der Waals surface area contributed by atoms with E-state index in [-0.39, 0.29) is 0 Å². The Morgan fingerprint density at radius 2 is 1.90 bits per heavy atom. The predicted molar refractivity (Wildman–Crippen MR) is 72.4 cm³/mol. The van der Waals surface area contributed by atoms with Gasteiger partial charge in [-0.3, -0.25) is 4.72 Å². The van der Waals surface area contributed by atoms with Crippen LogP contribution in [0.2, 0.25) is 0 Å². The van der Waals surface area contributed by atoms with Gasteiger partial charge in [0.05, 0.1) is 5.69 Å². The smallest absolute Gasteiger partial charge is 0.371 e. The Morgan fingerprint density at radius 3 is 2.45 bits per heavy atom. The second-order valence-electron chi connectivity index (χ2n) is 4.35. The van der Waals surface area contributed by atoms with Crippen LogP contribution >= 0.6 is 0 Å². The SMILES string of the molecule is Cc1ccc(NS(=O)(=O)c2ccc(C(=O)O)o2)c(C)c1. The van der Waals surface area contributed by atoms with Crippen LogP contribution in [0, 0.1) is 13.8 Å². The predicted octanol–water partition coefficient (Wildman–Crippen LogP) is 2.40. The molecule has 0 saturated carbocycles. The minimum atomic E-state index is -3.94. The van der Waals surface area contributed by atoms with E-state index in [0.717, 1.165) is 23.3 Å². The minimum Gasteiger partial charge on any atom is -0.475 e. The van der Waals surface area contributed by atoms with Gasteiger partial charge in [-0.15, -0.1) is 0 Å². The van der Waals surface area contributed by atoms with Gasteiger partial charge in [0.2, 0.25) is 10.9 Å². The zero-order valence-corrected chi connectivity index (χ0v) is 11.7. The van der Waals surface area contributed by atoms with Crippen molar-refractivity contribution in [3.8, 4) is 0 Å². The van der Waals surface area contributed by atoms with Gasteiger partial charge in [0.1, 0.15) is 0 Å². The molecule has 0 amide bonds. The van der Waals surface area contributed by atoms with Crippen LogP contribution in [0.4, 0.5) is 5.69 Å². The molecule has 1 aromatic heterocycles. The number of anilines is 1. The summed E-state index contributed by atoms with van der Waals surface area (Å²) in [5.41, 5.74) is 2.19. The summed E-state index contributed by atoms with van der Waals surface area (Å²) >= 11 is 0. The van der Waals surface area contributed by atoms with Crippen LogP contribution in [-0.4, -0.2) is 19.5 Å². The van der Waals surface area contributed by atoms with E-state index in [9.17, 15) is 13.2 Å². The Labute approximate surface area is 116 Å². The van der Waals surface area contributed by atoms with Gasteiger partial charge in [-0.1, -0.05) is 17.7 Å². The molecule has 0 saturated heterocycles. The Hall–Kier alpha value is -2.28. The highest BCUT2D eigenvalue weighted by molar-refractivity contribution is 7.92. The van der Waals surface area contributed by atoms with Gasteiger partial charge in [-0.25, -0.2) is 4.79 Å². The first-order valence-electron chi connectivity index (χ1n) is 5.73. The molecule has 106 valence electrons. The summed E-state index contributed by atoms with van der Waals surface area (Å²) in [7, 11) is -3.94. The average Bonchev–Trinajstić information content (AvgIpc) is 2.83. The Balaban J connectivity index is 2.33. The molecule has 0 atom stereocenters. The number of carboxylic acid groups (broad SMARTS) is 1. The molecule has 0 unspecified atom stereocenters. The molecule has 0 radical (unpaired) electrons. The fourth-order valence-corrected chi connectivity index (χ4v) is 2.77. The van der Waals surface area contributed by atoms with Crippen LogP contribution in [-0.2, 0) is 10.0 Å². The number of furan rings is 1. The van der Waals surface area contributed by atoms with Gasteiger partial charge < -0.3 is 9.52 Å². The second-order valence-corrected chi connectivity index (χ2v) is 5.96. The minimum absolute atomic E-state index is 0.420. The summed E-state index contributed by atoms with van der Waals surface area (Å²) in [5.74, 6) is -1.75. The van der Waals surface area contributed by atoms with Crippen molar-refractivity contribution in [3.05, 3.63) is 47.2 Å². The number of rotatable bonds is 4. The third-order valence-corrected chi connectivity index (χ3v) is 3.92. The topological polar surface area (TPSA) is 96.6 Å². The van der Waals surface area contributed by atoms with E-state index < -0.39 is 26.8 Å². The molecule has 2 N–H and O–H groups in total. The molecule has 0 aliphatic carbocycles. The number of nitrogens with one attached hydrogen (secondary N) is 1. The van der Waals surface area contributed by atoms with Gasteiger partial charge in [-0.2, -0.15) is 8.42 Å². The lowest BCUT2D eigenvalue weighted by atomic mass is 10.1. The molecule has 20 heavy (non-hydrogen) atoms. The number of carboxylic acids is 1. The first-order chi connectivity index (χ1) is 9.29. The normalized spacial score (nSPS) is 11.3. The number of sulfonamides is 1. The van der Waals surface area contributed by atoms with Crippen molar-refractivity contribution >= 4 is 21.7 Å². The first kappa shape index (κ1) is 14.1. The van der Waals surface area contributed by atoms with Crippen molar-refractivity contribution in [2.75, 3.05) is 4.72 Å². The molecule has 7 heteroatoms. The van der Waals surface area contributed by atoms with Crippen LogP contribution in [0.3, 0.4) is 0 Å². The zero-order chi connectivity index (χ0) is 14.9. The highest BCUT2D eigenvalue weighted by Gasteiger charge is 2.21. The summed E-state index contributed by atoms with van der Waals surface area (Å²) in [5, 5.41) is 8.28. The van der Waals surface area contributed by atoms with E-state index in [1.807, 2.05) is 13.0 Å². The molecule has 0 aliphatic rings. The molecule has 0 bridgehead atoms. The van der Waals surface area contributed by atoms with Crippen molar-refractivity contribution in [3.63, 3.8) is 0 Å². The van der Waals surface area contributed by atoms with Gasteiger partial charge in [0, 0.05) is 0 Å². The van der Waals surface area contributed by atoms with Crippen molar-refractivity contribution < 1.29 is 22.7 Å². The van der Waals surface area contributed by atoms with E-state index in [1.54, 1.807) is 19.1 Å². The molecule has 1 aromatic carbocycles. The average molecular weight is 295 g/mol. The highest BCUT2D eigenvalue weighted by atomic mass is 32.2. The summed E-state index contributed by atoms with van der Waals surface area (Å²) in [6.45, 7) is 3.67. The van der Waals surface area contributed by atoms with Crippen molar-refractivity contribution in [1.29, 1.82) is 0 Å². The third kappa shape index (κ3) is 2.83. The molecule has 2 aromatic rings. The van der Waals surface area contributed by atoms with Gasteiger partial charge in [0.25, 0.3) is 10.0 Å². The summed E-state index contributed by atoms with van der Waals surface area (Å²) in [6.07, 6.45) is 0. The lowest BCUT2D eigenvalue weighted by Crippen LogP contribution is -2.13. The third-order valence-electron chi connectivity index (χ3n) is 2.68. The van der Waals surface area contributed by atoms with E-state index in [1.165, 1.54) is 0 Å². The number of aryl methyl sites for hydroxylation is 2. The Bertz CT molecular complexity index is 761.